The highest BCUT2D eigenvalue weighted by atomic mass is 79.9. The molecule has 0 aliphatic heterocycles. The minimum atomic E-state index is -1.97. The molecule has 1 N–H and O–H groups in total. The quantitative estimate of drug-likeness (QED) is 0.898. The summed E-state index contributed by atoms with van der Waals surface area (Å²) in [6.07, 6.45) is -1.97. The predicted octanol–water partition coefficient (Wildman–Crippen LogP) is 3.84. The van der Waals surface area contributed by atoms with Gasteiger partial charge < -0.3 is 5.11 Å². The molecule has 1 rings (SSSR count). The summed E-state index contributed by atoms with van der Waals surface area (Å²) in [6.45, 7) is 6.12. The van der Waals surface area contributed by atoms with Crippen molar-refractivity contribution in [1.82, 2.24) is 0 Å². The molecule has 0 radical (unpaired) electrons. The lowest BCUT2D eigenvalue weighted by Crippen LogP contribution is -2.13. The molecule has 0 fully saturated rings. The lowest BCUT2D eigenvalue weighted by molar-refractivity contribution is -0.143. The summed E-state index contributed by atoms with van der Waals surface area (Å²) in [4.78, 5) is 10.5. The summed E-state index contributed by atoms with van der Waals surface area (Å²) in [5, 5.41) is 8.57. The van der Waals surface area contributed by atoms with Crippen LogP contribution in [0.25, 0.3) is 0 Å². The molecule has 0 bridgehead atoms. The summed E-state index contributed by atoms with van der Waals surface area (Å²) >= 11 is 3.34. The van der Waals surface area contributed by atoms with Crippen molar-refractivity contribution in [2.75, 3.05) is 0 Å². The van der Waals surface area contributed by atoms with E-state index in [1.165, 1.54) is 12.1 Å². The standard InChI is InChI=1S/C12H14BrFO2/c1-12(2,3)8-5-4-7(6-9(8)13)10(14)11(15)16/h4-6,10H,1-3H3,(H,15,16). The zero-order valence-corrected chi connectivity index (χ0v) is 11.0. The van der Waals surface area contributed by atoms with Crippen molar-refractivity contribution < 1.29 is 14.3 Å². The smallest absolute Gasteiger partial charge is 0.343 e. The number of benzene rings is 1. The average molecular weight is 289 g/mol. The second-order valence-electron chi connectivity index (χ2n) is 4.69. The summed E-state index contributed by atoms with van der Waals surface area (Å²) in [7, 11) is 0. The van der Waals surface area contributed by atoms with Crippen molar-refractivity contribution in [3.8, 4) is 0 Å². The Morgan fingerprint density at radius 3 is 2.38 bits per heavy atom. The Balaban J connectivity index is 3.14. The molecule has 0 heterocycles. The average Bonchev–Trinajstić information content (AvgIpc) is 2.14. The van der Waals surface area contributed by atoms with Crippen LogP contribution in [-0.2, 0) is 10.2 Å². The maximum atomic E-state index is 13.2. The van der Waals surface area contributed by atoms with Crippen LogP contribution >= 0.6 is 15.9 Å². The Morgan fingerprint density at radius 2 is 2.00 bits per heavy atom. The van der Waals surface area contributed by atoms with E-state index in [1.807, 2.05) is 20.8 Å². The first kappa shape index (κ1) is 13.2. The molecule has 0 aliphatic carbocycles. The molecule has 16 heavy (non-hydrogen) atoms. The molecule has 0 aliphatic rings. The molecule has 2 nitrogen and oxygen atoms in total. The van der Waals surface area contributed by atoms with Crippen molar-refractivity contribution in [2.45, 2.75) is 32.4 Å². The van der Waals surface area contributed by atoms with E-state index in [4.69, 9.17) is 5.11 Å². The van der Waals surface area contributed by atoms with Crippen molar-refractivity contribution in [1.29, 1.82) is 0 Å². The van der Waals surface area contributed by atoms with Gasteiger partial charge in [0.15, 0.2) is 0 Å². The van der Waals surface area contributed by atoms with E-state index in [0.717, 1.165) is 10.0 Å². The summed E-state index contributed by atoms with van der Waals surface area (Å²) < 4.78 is 14.0. The van der Waals surface area contributed by atoms with Gasteiger partial charge in [-0.25, -0.2) is 9.18 Å². The molecule has 0 saturated carbocycles. The van der Waals surface area contributed by atoms with Crippen LogP contribution in [-0.4, -0.2) is 11.1 Å². The minimum absolute atomic E-state index is 0.0631. The molecule has 1 atom stereocenters. The van der Waals surface area contributed by atoms with Gasteiger partial charge >= 0.3 is 5.97 Å². The maximum absolute atomic E-state index is 13.2. The molecule has 0 spiro atoms. The summed E-state index contributed by atoms with van der Waals surface area (Å²) in [6, 6.07) is 4.80. The lowest BCUT2D eigenvalue weighted by Gasteiger charge is -2.21. The second-order valence-corrected chi connectivity index (χ2v) is 5.54. The molecule has 4 heteroatoms. The first-order valence-electron chi connectivity index (χ1n) is 4.90. The number of alkyl halides is 1. The Labute approximate surface area is 103 Å². The monoisotopic (exact) mass is 288 g/mol. The maximum Gasteiger partial charge on any atom is 0.343 e. The fourth-order valence-electron chi connectivity index (χ4n) is 1.44. The minimum Gasteiger partial charge on any atom is -0.479 e. The van der Waals surface area contributed by atoms with Gasteiger partial charge in [-0.2, -0.15) is 0 Å². The fourth-order valence-corrected chi connectivity index (χ4v) is 2.43. The molecule has 0 saturated heterocycles. The third-order valence-corrected chi connectivity index (χ3v) is 2.97. The molecule has 0 aromatic heterocycles. The van der Waals surface area contributed by atoms with Gasteiger partial charge in [-0.15, -0.1) is 0 Å². The highest BCUT2D eigenvalue weighted by Gasteiger charge is 2.22. The van der Waals surface area contributed by atoms with E-state index >= 15 is 0 Å². The molecule has 1 aromatic carbocycles. The third-order valence-electron chi connectivity index (χ3n) is 2.31. The normalized spacial score (nSPS) is 13.6. The number of carboxylic acid groups (broad SMARTS) is 1. The van der Waals surface area contributed by atoms with Gasteiger partial charge in [-0.05, 0) is 22.6 Å². The molecule has 1 aromatic rings. The number of aliphatic carboxylic acids is 1. The summed E-state index contributed by atoms with van der Waals surface area (Å²) in [5.41, 5.74) is 1.12. The van der Waals surface area contributed by atoms with Crippen LogP contribution in [0.4, 0.5) is 4.39 Å². The topological polar surface area (TPSA) is 37.3 Å². The van der Waals surface area contributed by atoms with Crippen LogP contribution in [0.1, 0.15) is 38.1 Å². The van der Waals surface area contributed by atoms with Gasteiger partial charge in [-0.1, -0.05) is 48.8 Å². The highest BCUT2D eigenvalue weighted by Crippen LogP contribution is 2.32. The SMILES string of the molecule is CC(C)(C)c1ccc(C(F)C(=O)O)cc1Br. The van der Waals surface area contributed by atoms with E-state index < -0.39 is 12.1 Å². The number of rotatable bonds is 2. The molecular formula is C12H14BrFO2. The zero-order valence-electron chi connectivity index (χ0n) is 9.42. The number of carbonyl (C=O) groups is 1. The van der Waals surface area contributed by atoms with E-state index in [-0.39, 0.29) is 11.0 Å². The van der Waals surface area contributed by atoms with Crippen LogP contribution in [0.2, 0.25) is 0 Å². The van der Waals surface area contributed by atoms with E-state index in [9.17, 15) is 9.18 Å². The van der Waals surface area contributed by atoms with Gasteiger partial charge in [-0.3, -0.25) is 0 Å². The van der Waals surface area contributed by atoms with Crippen molar-refractivity contribution in [3.63, 3.8) is 0 Å². The van der Waals surface area contributed by atoms with Gasteiger partial charge in [0.05, 0.1) is 0 Å². The van der Waals surface area contributed by atoms with Crippen LogP contribution in [0.3, 0.4) is 0 Å². The van der Waals surface area contributed by atoms with E-state index in [0.29, 0.717) is 0 Å². The Bertz CT molecular complexity index is 410. The first-order chi connectivity index (χ1) is 7.23. The third kappa shape index (κ3) is 2.82. The second kappa shape index (κ2) is 4.53. The number of hydrogen-bond donors (Lipinski definition) is 1. The summed E-state index contributed by atoms with van der Waals surface area (Å²) in [5.74, 6) is -1.46. The molecular weight excluding hydrogens is 275 g/mol. The fraction of sp³-hybridized carbons (Fsp3) is 0.417. The van der Waals surface area contributed by atoms with Crippen molar-refractivity contribution in [3.05, 3.63) is 33.8 Å². The van der Waals surface area contributed by atoms with Crippen molar-refractivity contribution in [2.24, 2.45) is 0 Å². The highest BCUT2D eigenvalue weighted by molar-refractivity contribution is 9.10. The molecule has 0 amide bonds. The number of carboxylic acids is 1. The van der Waals surface area contributed by atoms with Crippen LogP contribution in [0.5, 0.6) is 0 Å². The van der Waals surface area contributed by atoms with Gasteiger partial charge in [0.25, 0.3) is 0 Å². The first-order valence-corrected chi connectivity index (χ1v) is 5.69. The number of halogens is 2. The van der Waals surface area contributed by atoms with E-state index in [1.54, 1.807) is 6.07 Å². The predicted molar refractivity (Wildman–Crippen MR) is 64.3 cm³/mol. The Morgan fingerprint density at radius 1 is 1.44 bits per heavy atom. The zero-order chi connectivity index (χ0) is 12.5. The molecule has 88 valence electrons. The van der Waals surface area contributed by atoms with Crippen LogP contribution in [0, 0.1) is 0 Å². The van der Waals surface area contributed by atoms with E-state index in [2.05, 4.69) is 15.9 Å². The van der Waals surface area contributed by atoms with Crippen molar-refractivity contribution >= 4 is 21.9 Å². The number of hydrogen-bond acceptors (Lipinski definition) is 1. The van der Waals surface area contributed by atoms with Gasteiger partial charge in [0.1, 0.15) is 0 Å². The lowest BCUT2D eigenvalue weighted by atomic mass is 9.86. The molecule has 1 unspecified atom stereocenters. The van der Waals surface area contributed by atoms with Crippen LogP contribution in [0.15, 0.2) is 22.7 Å². The van der Waals surface area contributed by atoms with Gasteiger partial charge in [0, 0.05) is 4.47 Å². The van der Waals surface area contributed by atoms with Gasteiger partial charge in [0.2, 0.25) is 6.17 Å². The van der Waals surface area contributed by atoms with Crippen LogP contribution < -0.4 is 0 Å². The Kier molecular flexibility index (Phi) is 3.73. The Hall–Kier alpha value is -0.900. The largest absolute Gasteiger partial charge is 0.479 e.